The van der Waals surface area contributed by atoms with Gasteiger partial charge >= 0.3 is 0 Å². The van der Waals surface area contributed by atoms with Crippen LogP contribution in [0.3, 0.4) is 0 Å². The number of unbranched alkanes of at least 4 members (excludes halogenated alkanes) is 1. The fourth-order valence-corrected chi connectivity index (χ4v) is 0. The summed E-state index contributed by atoms with van der Waals surface area (Å²) in [6.07, 6.45) is 2.28. The van der Waals surface area contributed by atoms with Gasteiger partial charge in [0.2, 0.25) is 0 Å². The summed E-state index contributed by atoms with van der Waals surface area (Å²) < 4.78 is 0. The fraction of sp³-hybridized carbons (Fsp3) is 0.750. The van der Waals surface area contributed by atoms with Gasteiger partial charge in [0.1, 0.15) is 0 Å². The van der Waals surface area contributed by atoms with E-state index in [4.69, 9.17) is 0 Å². The van der Waals surface area contributed by atoms with Crippen LogP contribution in [-0.4, -0.2) is 0 Å². The Kier molecular flexibility index (Phi) is 16.2. The van der Waals surface area contributed by atoms with Gasteiger partial charge in [-0.3, -0.25) is 0 Å². The molecule has 0 fully saturated rings. The normalized spacial score (nSPS) is 6.00. The molecule has 0 heterocycles. The molecule has 0 aliphatic rings. The van der Waals surface area contributed by atoms with Gasteiger partial charge in [-0.15, -0.1) is 0 Å². The molecule has 0 bridgehead atoms. The smallest absolute Gasteiger partial charge is 0 e. The van der Waals surface area contributed by atoms with Crippen molar-refractivity contribution < 1.29 is 20.9 Å². The van der Waals surface area contributed by atoms with Gasteiger partial charge in [-0.2, -0.15) is 6.42 Å². The Hall–Kier alpha value is 0.623. The summed E-state index contributed by atoms with van der Waals surface area (Å²) in [6, 6.07) is 0. The summed E-state index contributed by atoms with van der Waals surface area (Å²) in [7, 11) is 0. The molecule has 30 valence electrons. The van der Waals surface area contributed by atoms with Gasteiger partial charge in [0.05, 0.1) is 0 Å². The maximum Gasteiger partial charge on any atom is 0 e. The van der Waals surface area contributed by atoms with Crippen LogP contribution < -0.4 is 0 Å². The summed E-state index contributed by atoms with van der Waals surface area (Å²) in [4.78, 5) is 0. The Morgan fingerprint density at radius 1 is 1.80 bits per heavy atom. The molecule has 0 radical (unpaired) electrons. The zero-order valence-corrected chi connectivity index (χ0v) is 6.80. The van der Waals surface area contributed by atoms with Crippen molar-refractivity contribution in [1.29, 1.82) is 0 Å². The van der Waals surface area contributed by atoms with Crippen LogP contribution in [0.25, 0.3) is 0 Å². The predicted molar refractivity (Wildman–Crippen MR) is 22.4 cm³/mol. The molecule has 0 atom stereocenters. The molecule has 5 heavy (non-hydrogen) atoms. The Morgan fingerprint density at radius 2 is 2.00 bits per heavy atom. The van der Waals surface area contributed by atoms with E-state index in [9.17, 15) is 0 Å². The van der Waals surface area contributed by atoms with E-state index in [0.29, 0.717) is 0 Å². The number of rotatable bonds is 1. The van der Waals surface area contributed by atoms with E-state index in [1.54, 1.807) is 0 Å². The second-order valence-electron chi connectivity index (χ2n) is 0.854. The summed E-state index contributed by atoms with van der Waals surface area (Å²) >= 11 is 0. The maximum atomic E-state index is 3.60. The molecule has 0 aromatic rings. The SMILES string of the molecule is [CH2-]CCC.[HH].[Zn]. The van der Waals surface area contributed by atoms with Crippen LogP contribution in [0.5, 0.6) is 0 Å². The van der Waals surface area contributed by atoms with Gasteiger partial charge in [0, 0.05) is 20.9 Å². The van der Waals surface area contributed by atoms with E-state index >= 15 is 0 Å². The minimum Gasteiger partial charge on any atom is -0.343 e. The molecule has 0 spiro atoms. The van der Waals surface area contributed by atoms with E-state index in [0.717, 1.165) is 6.42 Å². The first-order valence-electron chi connectivity index (χ1n) is 1.71. The first-order chi connectivity index (χ1) is 1.91. The Morgan fingerprint density at radius 3 is 2.00 bits per heavy atom. The molecular weight excluding hydrogens is 113 g/mol. The molecule has 0 rings (SSSR count). The minimum absolute atomic E-state index is 0. The molecule has 0 N–H and O–H groups in total. The third-order valence-corrected chi connectivity index (χ3v) is 0.354. The van der Waals surface area contributed by atoms with Gasteiger partial charge in [0.25, 0.3) is 0 Å². The van der Waals surface area contributed by atoms with Gasteiger partial charge < -0.3 is 6.92 Å². The maximum absolute atomic E-state index is 3.60. The van der Waals surface area contributed by atoms with Crippen LogP contribution in [0.15, 0.2) is 0 Å². The third kappa shape index (κ3) is 12.1. The third-order valence-electron chi connectivity index (χ3n) is 0.354. The van der Waals surface area contributed by atoms with Crippen molar-refractivity contribution in [3.8, 4) is 0 Å². The van der Waals surface area contributed by atoms with Crippen molar-refractivity contribution in [2.75, 3.05) is 0 Å². The van der Waals surface area contributed by atoms with Crippen molar-refractivity contribution >= 4 is 0 Å². The van der Waals surface area contributed by atoms with Gasteiger partial charge in [-0.05, 0) is 0 Å². The van der Waals surface area contributed by atoms with Crippen LogP contribution in [0.1, 0.15) is 21.2 Å². The van der Waals surface area contributed by atoms with Crippen molar-refractivity contribution in [3.05, 3.63) is 6.92 Å². The van der Waals surface area contributed by atoms with Crippen molar-refractivity contribution in [2.24, 2.45) is 0 Å². The summed E-state index contributed by atoms with van der Waals surface area (Å²) in [5.74, 6) is 0. The van der Waals surface area contributed by atoms with Gasteiger partial charge in [0.15, 0.2) is 0 Å². The Labute approximate surface area is 48.2 Å². The number of hydrogen-bond acceptors (Lipinski definition) is 0. The molecule has 0 aliphatic carbocycles. The van der Waals surface area contributed by atoms with E-state index in [1.807, 2.05) is 0 Å². The Balaban J connectivity index is -0.0000000450. The molecule has 0 saturated carbocycles. The van der Waals surface area contributed by atoms with E-state index < -0.39 is 0 Å². The van der Waals surface area contributed by atoms with Crippen molar-refractivity contribution in [2.45, 2.75) is 19.8 Å². The summed E-state index contributed by atoms with van der Waals surface area (Å²) in [6.45, 7) is 5.72. The fourth-order valence-electron chi connectivity index (χ4n) is 0. The quantitative estimate of drug-likeness (QED) is 0.370. The second-order valence-corrected chi connectivity index (χ2v) is 0.854. The van der Waals surface area contributed by atoms with Crippen LogP contribution in [-0.2, 0) is 19.5 Å². The van der Waals surface area contributed by atoms with Gasteiger partial charge in [-0.1, -0.05) is 13.3 Å². The first kappa shape index (κ1) is 9.16. The average Bonchev–Trinajstić information content (AvgIpc) is 1.37. The summed E-state index contributed by atoms with van der Waals surface area (Å²) in [5, 5.41) is 0. The Bertz CT molecular complexity index is 9.51. The minimum atomic E-state index is 0. The van der Waals surface area contributed by atoms with E-state index in [-0.39, 0.29) is 20.9 Å². The van der Waals surface area contributed by atoms with E-state index in [2.05, 4.69) is 13.8 Å². The molecule has 1 heteroatoms. The first-order valence-corrected chi connectivity index (χ1v) is 1.71. The van der Waals surface area contributed by atoms with Crippen LogP contribution in [0.2, 0.25) is 0 Å². The monoisotopic (exact) mass is 123 g/mol. The van der Waals surface area contributed by atoms with Gasteiger partial charge in [-0.25, -0.2) is 0 Å². The standard InChI is InChI=1S/C4H9.Zn.H2/c1-3-4-2;;/h1,3-4H2,2H3;;1H/q-1;;. The molecule has 0 aliphatic heterocycles. The second kappa shape index (κ2) is 8.82. The van der Waals surface area contributed by atoms with Crippen LogP contribution >= 0.6 is 0 Å². The van der Waals surface area contributed by atoms with Crippen LogP contribution in [0.4, 0.5) is 0 Å². The molecule has 0 unspecified atom stereocenters. The van der Waals surface area contributed by atoms with Crippen molar-refractivity contribution in [3.63, 3.8) is 0 Å². The van der Waals surface area contributed by atoms with Crippen molar-refractivity contribution in [1.82, 2.24) is 0 Å². The van der Waals surface area contributed by atoms with E-state index in [1.165, 1.54) is 6.42 Å². The zero-order chi connectivity index (χ0) is 3.41. The van der Waals surface area contributed by atoms with Crippen LogP contribution in [0, 0.1) is 6.92 Å². The molecule has 0 aromatic heterocycles. The summed E-state index contributed by atoms with van der Waals surface area (Å²) in [5.41, 5.74) is 0. The molecule has 0 saturated heterocycles. The zero-order valence-electron chi connectivity index (χ0n) is 3.83. The predicted octanol–water partition coefficient (Wildman–Crippen LogP) is 1.86. The largest absolute Gasteiger partial charge is 0.343 e. The molecule has 0 amide bonds. The molecular formula is C4H11Zn-. The molecule has 0 aromatic carbocycles. The molecule has 0 nitrogen and oxygen atoms in total. The number of hydrogen-bond donors (Lipinski definition) is 0. The average molecular weight is 125 g/mol. The topological polar surface area (TPSA) is 0 Å².